The van der Waals surface area contributed by atoms with Gasteiger partial charge in [-0.1, -0.05) is 11.6 Å². The van der Waals surface area contributed by atoms with Crippen LogP contribution in [0.15, 0.2) is 10.9 Å². The molecule has 1 atom stereocenters. The first-order chi connectivity index (χ1) is 12.6. The summed E-state index contributed by atoms with van der Waals surface area (Å²) in [4.78, 5) is 31.1. The summed E-state index contributed by atoms with van der Waals surface area (Å²) in [6.07, 6.45) is -2.86. The third-order valence-corrected chi connectivity index (χ3v) is 5.54. The summed E-state index contributed by atoms with van der Waals surface area (Å²) < 4.78 is 28.1. The average Bonchev–Trinajstić information content (AvgIpc) is 3.11. The SMILES string of the molecule is Cc1cc2c(=O)n(NC(=O)[C@@H](C)n3nc(C(F)F)c(Cl)c3C)c(C)nc2s1. The van der Waals surface area contributed by atoms with Crippen LogP contribution in [0.2, 0.25) is 5.02 Å². The van der Waals surface area contributed by atoms with Crippen molar-refractivity contribution in [3.8, 4) is 0 Å². The highest BCUT2D eigenvalue weighted by Gasteiger charge is 2.26. The monoisotopic (exact) mass is 415 g/mol. The van der Waals surface area contributed by atoms with Crippen LogP contribution in [0.4, 0.5) is 8.78 Å². The van der Waals surface area contributed by atoms with Crippen LogP contribution in [0.25, 0.3) is 10.2 Å². The fourth-order valence-electron chi connectivity index (χ4n) is 2.69. The fourth-order valence-corrected chi connectivity index (χ4v) is 3.81. The topological polar surface area (TPSA) is 81.8 Å². The number of aromatic nitrogens is 4. The summed E-state index contributed by atoms with van der Waals surface area (Å²) in [7, 11) is 0. The molecule has 0 bridgehead atoms. The van der Waals surface area contributed by atoms with E-state index in [4.69, 9.17) is 11.6 Å². The molecule has 0 saturated heterocycles. The predicted molar refractivity (Wildman–Crippen MR) is 99.4 cm³/mol. The van der Waals surface area contributed by atoms with E-state index in [1.165, 1.54) is 25.2 Å². The lowest BCUT2D eigenvalue weighted by Gasteiger charge is -2.16. The van der Waals surface area contributed by atoms with Crippen LogP contribution < -0.4 is 11.0 Å². The molecule has 0 spiro atoms. The zero-order valence-electron chi connectivity index (χ0n) is 14.9. The number of aryl methyl sites for hydroxylation is 2. The first-order valence-corrected chi connectivity index (χ1v) is 9.14. The number of amides is 1. The van der Waals surface area contributed by atoms with Crippen molar-refractivity contribution in [3.05, 3.63) is 43.5 Å². The van der Waals surface area contributed by atoms with E-state index in [-0.39, 0.29) is 10.7 Å². The number of fused-ring (bicyclic) bond motifs is 1. The quantitative estimate of drug-likeness (QED) is 0.707. The van der Waals surface area contributed by atoms with Gasteiger partial charge in [0.1, 0.15) is 22.4 Å². The Balaban J connectivity index is 1.95. The van der Waals surface area contributed by atoms with Crippen LogP contribution in [0.1, 0.15) is 41.5 Å². The molecule has 7 nitrogen and oxygen atoms in total. The Morgan fingerprint density at radius 2 is 2.00 bits per heavy atom. The second-order valence-corrected chi connectivity index (χ2v) is 7.67. The second kappa shape index (κ2) is 7.01. The summed E-state index contributed by atoms with van der Waals surface area (Å²) in [5, 5.41) is 3.95. The van der Waals surface area contributed by atoms with E-state index in [0.29, 0.717) is 16.0 Å². The van der Waals surface area contributed by atoms with Crippen LogP contribution in [0.5, 0.6) is 0 Å². The number of carbonyl (C=O) groups is 1. The molecule has 1 N–H and O–H groups in total. The Hall–Kier alpha value is -2.33. The number of carbonyl (C=O) groups excluding carboxylic acids is 1. The summed E-state index contributed by atoms with van der Waals surface area (Å²) in [6, 6.07) is 0.730. The highest BCUT2D eigenvalue weighted by atomic mass is 35.5. The molecule has 0 aliphatic carbocycles. The molecule has 0 aromatic carbocycles. The maximum Gasteiger partial charge on any atom is 0.283 e. The lowest BCUT2D eigenvalue weighted by atomic mass is 10.3. The normalized spacial score (nSPS) is 12.7. The van der Waals surface area contributed by atoms with Crippen molar-refractivity contribution in [2.45, 2.75) is 40.2 Å². The molecule has 3 aromatic heterocycles. The van der Waals surface area contributed by atoms with Crippen molar-refractivity contribution >= 4 is 39.1 Å². The van der Waals surface area contributed by atoms with Crippen molar-refractivity contribution < 1.29 is 13.6 Å². The van der Waals surface area contributed by atoms with Crippen LogP contribution in [-0.4, -0.2) is 25.3 Å². The molecule has 3 aromatic rings. The molecular formula is C16H16ClF2N5O2S. The second-order valence-electron chi connectivity index (χ2n) is 6.06. The largest absolute Gasteiger partial charge is 0.283 e. The number of hydrogen-bond donors (Lipinski definition) is 1. The van der Waals surface area contributed by atoms with Gasteiger partial charge in [-0.2, -0.15) is 5.10 Å². The van der Waals surface area contributed by atoms with Gasteiger partial charge in [0.2, 0.25) is 0 Å². The molecule has 0 saturated carbocycles. The summed E-state index contributed by atoms with van der Waals surface area (Å²) >= 11 is 7.26. The molecule has 0 fully saturated rings. The van der Waals surface area contributed by atoms with E-state index in [2.05, 4.69) is 15.5 Å². The van der Waals surface area contributed by atoms with Crippen LogP contribution in [0.3, 0.4) is 0 Å². The van der Waals surface area contributed by atoms with Crippen molar-refractivity contribution in [2.24, 2.45) is 0 Å². The Kier molecular flexibility index (Phi) is 5.04. The minimum Gasteiger partial charge on any atom is -0.271 e. The minimum atomic E-state index is -2.86. The van der Waals surface area contributed by atoms with E-state index >= 15 is 0 Å². The maximum absolute atomic E-state index is 13.0. The van der Waals surface area contributed by atoms with Gasteiger partial charge in [-0.15, -0.1) is 11.3 Å². The van der Waals surface area contributed by atoms with Crippen molar-refractivity contribution in [1.82, 2.24) is 19.4 Å². The molecule has 27 heavy (non-hydrogen) atoms. The highest BCUT2D eigenvalue weighted by Crippen LogP contribution is 2.30. The maximum atomic E-state index is 13.0. The zero-order valence-corrected chi connectivity index (χ0v) is 16.5. The van der Waals surface area contributed by atoms with Gasteiger partial charge in [-0.25, -0.2) is 18.4 Å². The molecule has 3 heterocycles. The Morgan fingerprint density at radius 3 is 2.59 bits per heavy atom. The van der Waals surface area contributed by atoms with Gasteiger partial charge in [-0.3, -0.25) is 19.7 Å². The molecule has 0 aliphatic rings. The number of nitrogens with one attached hydrogen (secondary N) is 1. The van der Waals surface area contributed by atoms with Crippen molar-refractivity contribution in [1.29, 1.82) is 0 Å². The summed E-state index contributed by atoms with van der Waals surface area (Å²) in [6.45, 7) is 6.41. The minimum absolute atomic E-state index is 0.185. The number of alkyl halides is 2. The van der Waals surface area contributed by atoms with E-state index in [1.54, 1.807) is 13.0 Å². The standard InChI is InChI=1S/C16H16ClF2N5O2S/c1-6-5-10-15(27-6)20-9(4)24(16(10)26)22-14(25)8(3)23-7(2)11(17)12(21-23)13(18)19/h5,8,13H,1-4H3,(H,22,25)/t8-/m1/s1. The first-order valence-electron chi connectivity index (χ1n) is 7.95. The van der Waals surface area contributed by atoms with Crippen LogP contribution in [-0.2, 0) is 4.79 Å². The van der Waals surface area contributed by atoms with Gasteiger partial charge in [-0.05, 0) is 33.8 Å². The van der Waals surface area contributed by atoms with Gasteiger partial charge in [0.25, 0.3) is 17.9 Å². The Labute approximate surface area is 161 Å². The fraction of sp³-hybridized carbons (Fsp3) is 0.375. The number of hydrogen-bond acceptors (Lipinski definition) is 5. The van der Waals surface area contributed by atoms with Crippen LogP contribution >= 0.6 is 22.9 Å². The summed E-state index contributed by atoms with van der Waals surface area (Å²) in [5.74, 6) is -0.310. The van der Waals surface area contributed by atoms with E-state index in [0.717, 1.165) is 14.2 Å². The molecular weight excluding hydrogens is 400 g/mol. The molecule has 0 unspecified atom stereocenters. The molecule has 11 heteroatoms. The van der Waals surface area contributed by atoms with Gasteiger partial charge in [0.05, 0.1) is 16.1 Å². The van der Waals surface area contributed by atoms with Gasteiger partial charge in [0.15, 0.2) is 0 Å². The number of halogens is 3. The van der Waals surface area contributed by atoms with E-state index in [9.17, 15) is 18.4 Å². The smallest absolute Gasteiger partial charge is 0.271 e. The predicted octanol–water partition coefficient (Wildman–Crippen LogP) is 3.50. The Bertz CT molecular complexity index is 1100. The first kappa shape index (κ1) is 19.4. The Morgan fingerprint density at radius 1 is 1.33 bits per heavy atom. The number of nitrogens with zero attached hydrogens (tertiary/aromatic N) is 4. The molecule has 0 radical (unpaired) electrons. The van der Waals surface area contributed by atoms with Gasteiger partial charge in [0, 0.05) is 4.88 Å². The summed E-state index contributed by atoms with van der Waals surface area (Å²) in [5.41, 5.74) is 1.72. The lowest BCUT2D eigenvalue weighted by molar-refractivity contribution is -0.120. The number of thiophene rings is 1. The van der Waals surface area contributed by atoms with Crippen molar-refractivity contribution in [3.63, 3.8) is 0 Å². The zero-order chi connectivity index (χ0) is 20.0. The molecule has 144 valence electrons. The third-order valence-electron chi connectivity index (χ3n) is 4.13. The van der Waals surface area contributed by atoms with Crippen LogP contribution in [0, 0.1) is 20.8 Å². The molecule has 0 aliphatic heterocycles. The highest BCUT2D eigenvalue weighted by molar-refractivity contribution is 7.18. The average molecular weight is 416 g/mol. The number of rotatable bonds is 4. The van der Waals surface area contributed by atoms with Gasteiger partial charge >= 0.3 is 0 Å². The van der Waals surface area contributed by atoms with Gasteiger partial charge < -0.3 is 0 Å². The van der Waals surface area contributed by atoms with E-state index in [1.807, 2.05) is 6.92 Å². The molecule has 1 amide bonds. The third kappa shape index (κ3) is 3.34. The van der Waals surface area contributed by atoms with E-state index < -0.39 is 29.6 Å². The lowest BCUT2D eigenvalue weighted by Crippen LogP contribution is -2.38. The molecule has 3 rings (SSSR count). The van der Waals surface area contributed by atoms with Crippen molar-refractivity contribution in [2.75, 3.05) is 5.43 Å².